The van der Waals surface area contributed by atoms with E-state index in [4.69, 9.17) is 0 Å². The van der Waals surface area contributed by atoms with Crippen molar-refractivity contribution in [3.63, 3.8) is 0 Å². The molecule has 2 aliphatic heterocycles. The Hall–Kier alpha value is -2.48. The molecule has 0 unspecified atom stereocenters. The molecule has 0 radical (unpaired) electrons. The van der Waals surface area contributed by atoms with Crippen LogP contribution in [0.15, 0.2) is 24.8 Å². The lowest BCUT2D eigenvalue weighted by Gasteiger charge is -2.39. The first-order chi connectivity index (χ1) is 11.2. The second-order valence-electron chi connectivity index (χ2n) is 6.05. The molecule has 0 saturated carbocycles. The second kappa shape index (κ2) is 5.62. The summed E-state index contributed by atoms with van der Waals surface area (Å²) in [7, 11) is 0. The van der Waals surface area contributed by atoms with Crippen molar-refractivity contribution in [2.75, 3.05) is 31.1 Å². The summed E-state index contributed by atoms with van der Waals surface area (Å²) in [6.45, 7) is 6.04. The van der Waals surface area contributed by atoms with Gasteiger partial charge in [0.05, 0.1) is 17.9 Å². The molecule has 2 aromatic rings. The Morgan fingerprint density at radius 3 is 2.74 bits per heavy atom. The van der Waals surface area contributed by atoms with E-state index < -0.39 is 0 Å². The highest BCUT2D eigenvalue weighted by molar-refractivity contribution is 5.93. The summed E-state index contributed by atoms with van der Waals surface area (Å²) in [4.78, 5) is 24.2. The van der Waals surface area contributed by atoms with Crippen molar-refractivity contribution in [2.45, 2.75) is 19.5 Å². The monoisotopic (exact) mass is 313 g/mol. The summed E-state index contributed by atoms with van der Waals surface area (Å²) in [5.41, 5.74) is 1.99. The number of urea groups is 1. The third-order valence-electron chi connectivity index (χ3n) is 4.31. The summed E-state index contributed by atoms with van der Waals surface area (Å²) in [5, 5.41) is 7.22. The fourth-order valence-corrected chi connectivity index (χ4v) is 2.98. The topological polar surface area (TPSA) is 79.2 Å². The van der Waals surface area contributed by atoms with E-state index in [0.717, 1.165) is 36.7 Å². The van der Waals surface area contributed by atoms with Crippen LogP contribution in [0.1, 0.15) is 17.4 Å². The lowest BCUT2D eigenvalue weighted by Crippen LogP contribution is -2.47. The number of aryl methyl sites for hydroxylation is 1. The van der Waals surface area contributed by atoms with Crippen LogP contribution in [0.25, 0.3) is 0 Å². The molecule has 4 rings (SSSR count). The molecule has 2 amide bonds. The summed E-state index contributed by atoms with van der Waals surface area (Å²) in [6.07, 6.45) is 7.49. The van der Waals surface area contributed by atoms with Crippen LogP contribution in [0.3, 0.4) is 0 Å². The van der Waals surface area contributed by atoms with Crippen molar-refractivity contribution < 1.29 is 4.79 Å². The van der Waals surface area contributed by atoms with E-state index in [-0.39, 0.29) is 6.03 Å². The van der Waals surface area contributed by atoms with Gasteiger partial charge in [-0.2, -0.15) is 5.10 Å². The molecule has 2 saturated heterocycles. The maximum atomic E-state index is 11.7. The zero-order valence-corrected chi connectivity index (χ0v) is 13.0. The molecule has 23 heavy (non-hydrogen) atoms. The van der Waals surface area contributed by atoms with E-state index in [1.54, 1.807) is 11.1 Å². The molecule has 0 spiro atoms. The summed E-state index contributed by atoms with van der Waals surface area (Å²) in [5.74, 6) is 0.797. The van der Waals surface area contributed by atoms with Gasteiger partial charge in [-0.15, -0.1) is 0 Å². The Labute approximate surface area is 134 Å². The number of anilines is 1. The molecule has 0 atom stereocenters. The first kappa shape index (κ1) is 14.1. The van der Waals surface area contributed by atoms with Gasteiger partial charge in [0.1, 0.15) is 5.82 Å². The maximum absolute atomic E-state index is 11.7. The predicted molar refractivity (Wildman–Crippen MR) is 84.1 cm³/mol. The number of aromatic nitrogens is 4. The van der Waals surface area contributed by atoms with E-state index in [1.165, 1.54) is 0 Å². The smallest absolute Gasteiger partial charge is 0.322 e. The molecular formula is C15H19N7O. The number of carbonyl (C=O) groups excluding carboxylic acids is 1. The van der Waals surface area contributed by atoms with E-state index >= 15 is 0 Å². The van der Waals surface area contributed by atoms with Gasteiger partial charge in [-0.25, -0.2) is 14.8 Å². The SMILES string of the molecule is Cc1ncc(CN2CC(n3cc(N4CCNC4=O)cn3)C2)cn1. The Morgan fingerprint density at radius 2 is 2.04 bits per heavy atom. The van der Waals surface area contributed by atoms with E-state index in [9.17, 15) is 4.79 Å². The minimum atomic E-state index is -0.0424. The van der Waals surface area contributed by atoms with Gasteiger partial charge in [0, 0.05) is 56.9 Å². The van der Waals surface area contributed by atoms with E-state index in [1.807, 2.05) is 30.2 Å². The van der Waals surface area contributed by atoms with Crippen LogP contribution in [-0.2, 0) is 6.54 Å². The van der Waals surface area contributed by atoms with Gasteiger partial charge in [-0.1, -0.05) is 0 Å². The van der Waals surface area contributed by atoms with Gasteiger partial charge >= 0.3 is 6.03 Å². The number of hydrogen-bond donors (Lipinski definition) is 1. The number of hydrogen-bond acceptors (Lipinski definition) is 5. The average molecular weight is 313 g/mol. The average Bonchev–Trinajstić information content (AvgIpc) is 3.13. The number of nitrogens with zero attached hydrogens (tertiary/aromatic N) is 6. The molecule has 0 bridgehead atoms. The van der Waals surface area contributed by atoms with E-state index in [0.29, 0.717) is 19.1 Å². The van der Waals surface area contributed by atoms with Crippen molar-refractivity contribution >= 4 is 11.7 Å². The third-order valence-corrected chi connectivity index (χ3v) is 4.31. The normalized spacial score (nSPS) is 19.0. The molecule has 120 valence electrons. The fourth-order valence-electron chi connectivity index (χ4n) is 2.98. The molecule has 1 N–H and O–H groups in total. The van der Waals surface area contributed by atoms with Crippen LogP contribution in [0, 0.1) is 6.92 Å². The van der Waals surface area contributed by atoms with Crippen molar-refractivity contribution in [1.29, 1.82) is 0 Å². The van der Waals surface area contributed by atoms with Crippen LogP contribution >= 0.6 is 0 Å². The summed E-state index contributed by atoms with van der Waals surface area (Å²) < 4.78 is 1.96. The largest absolute Gasteiger partial charge is 0.336 e. The molecule has 2 aliphatic rings. The van der Waals surface area contributed by atoms with E-state index in [2.05, 4.69) is 25.3 Å². The van der Waals surface area contributed by atoms with Crippen molar-refractivity contribution in [2.24, 2.45) is 0 Å². The van der Waals surface area contributed by atoms with Gasteiger partial charge in [0.2, 0.25) is 0 Å². The molecule has 0 aromatic carbocycles. The molecule has 8 heteroatoms. The quantitative estimate of drug-likeness (QED) is 0.892. The molecule has 2 fully saturated rings. The van der Waals surface area contributed by atoms with Crippen LogP contribution in [0.2, 0.25) is 0 Å². The first-order valence-electron chi connectivity index (χ1n) is 7.78. The van der Waals surface area contributed by atoms with Gasteiger partial charge in [0.15, 0.2) is 0 Å². The van der Waals surface area contributed by atoms with Gasteiger partial charge < -0.3 is 5.32 Å². The van der Waals surface area contributed by atoms with Crippen LogP contribution < -0.4 is 10.2 Å². The van der Waals surface area contributed by atoms with Crippen LogP contribution in [0.5, 0.6) is 0 Å². The number of likely N-dealkylation sites (tertiary alicyclic amines) is 1. The second-order valence-corrected chi connectivity index (χ2v) is 6.05. The fraction of sp³-hybridized carbons (Fsp3) is 0.467. The van der Waals surface area contributed by atoms with Crippen LogP contribution in [0.4, 0.5) is 10.5 Å². The molecule has 8 nitrogen and oxygen atoms in total. The summed E-state index contributed by atoms with van der Waals surface area (Å²) >= 11 is 0. The minimum absolute atomic E-state index is 0.0424. The van der Waals surface area contributed by atoms with Gasteiger partial charge in [-0.3, -0.25) is 14.5 Å². The molecule has 4 heterocycles. The molecular weight excluding hydrogens is 294 g/mol. The number of rotatable bonds is 4. The predicted octanol–water partition coefficient (Wildman–Crippen LogP) is 0.568. The minimum Gasteiger partial charge on any atom is -0.336 e. The number of carbonyl (C=O) groups is 1. The molecule has 2 aromatic heterocycles. The Balaban J connectivity index is 1.34. The summed E-state index contributed by atoms with van der Waals surface area (Å²) in [6, 6.07) is 0.319. The number of amides is 2. The first-order valence-corrected chi connectivity index (χ1v) is 7.78. The van der Waals surface area contributed by atoms with Crippen LogP contribution in [-0.4, -0.2) is 56.9 Å². The molecule has 0 aliphatic carbocycles. The standard InChI is InChI=1S/C15H19N7O/c1-11-17-4-12(5-18-11)7-20-8-14(9-20)22-10-13(6-19-22)21-3-2-16-15(21)23/h4-6,10,14H,2-3,7-9H2,1H3,(H,16,23). The number of nitrogens with one attached hydrogen (secondary N) is 1. The lowest BCUT2D eigenvalue weighted by atomic mass is 10.1. The highest BCUT2D eigenvalue weighted by Gasteiger charge is 2.30. The lowest BCUT2D eigenvalue weighted by molar-refractivity contribution is 0.0907. The Kier molecular flexibility index (Phi) is 3.45. The Bertz CT molecular complexity index is 705. The highest BCUT2D eigenvalue weighted by Crippen LogP contribution is 2.25. The van der Waals surface area contributed by atoms with Crippen molar-refractivity contribution in [1.82, 2.24) is 30.0 Å². The zero-order valence-electron chi connectivity index (χ0n) is 13.0. The third kappa shape index (κ3) is 2.77. The van der Waals surface area contributed by atoms with Crippen molar-refractivity contribution in [3.05, 3.63) is 36.2 Å². The zero-order chi connectivity index (χ0) is 15.8. The Morgan fingerprint density at radius 1 is 1.26 bits per heavy atom. The highest BCUT2D eigenvalue weighted by atomic mass is 16.2. The maximum Gasteiger partial charge on any atom is 0.322 e. The van der Waals surface area contributed by atoms with Gasteiger partial charge in [0.25, 0.3) is 0 Å². The van der Waals surface area contributed by atoms with Gasteiger partial charge in [-0.05, 0) is 6.92 Å². The van der Waals surface area contributed by atoms with Crippen molar-refractivity contribution in [3.8, 4) is 0 Å².